The molecular formula is C32H36N2O3S. The summed E-state index contributed by atoms with van der Waals surface area (Å²) in [5, 5.41) is 5.08. The summed E-state index contributed by atoms with van der Waals surface area (Å²) in [6.45, 7) is 3.36. The Labute approximate surface area is 225 Å². The Hall–Kier alpha value is -2.96. The highest BCUT2D eigenvalue weighted by Crippen LogP contribution is 2.48. The van der Waals surface area contributed by atoms with Crippen LogP contribution in [0.5, 0.6) is 0 Å². The summed E-state index contributed by atoms with van der Waals surface area (Å²) >= 11 is 0. The third-order valence-electron chi connectivity index (χ3n) is 8.54. The number of sulfone groups is 1. The molecule has 0 radical (unpaired) electrons. The number of amides is 1. The molecule has 1 N–H and O–H groups in total. The molecule has 198 valence electrons. The maximum atomic E-state index is 13.5. The molecule has 1 aliphatic heterocycles. The van der Waals surface area contributed by atoms with Crippen molar-refractivity contribution in [3.05, 3.63) is 89.5 Å². The molecule has 0 unspecified atom stereocenters. The van der Waals surface area contributed by atoms with Crippen molar-refractivity contribution in [2.45, 2.75) is 73.6 Å². The number of nitrogens with zero attached hydrogens (tertiary/aromatic N) is 1. The fourth-order valence-electron chi connectivity index (χ4n) is 6.16. The molecule has 6 rings (SSSR count). The molecule has 38 heavy (non-hydrogen) atoms. The number of rotatable bonds is 7. The van der Waals surface area contributed by atoms with Crippen LogP contribution in [0.1, 0.15) is 67.7 Å². The van der Waals surface area contributed by atoms with Crippen molar-refractivity contribution < 1.29 is 13.2 Å². The van der Waals surface area contributed by atoms with Gasteiger partial charge in [-0.05, 0) is 97.6 Å². The van der Waals surface area contributed by atoms with E-state index in [0.717, 1.165) is 36.6 Å². The molecule has 3 aliphatic rings. The monoisotopic (exact) mass is 528 g/mol. The van der Waals surface area contributed by atoms with Crippen LogP contribution in [0.2, 0.25) is 0 Å². The van der Waals surface area contributed by atoms with Crippen molar-refractivity contribution >= 4 is 26.5 Å². The summed E-state index contributed by atoms with van der Waals surface area (Å²) in [6.07, 6.45) is 11.0. The first kappa shape index (κ1) is 25.3. The first-order valence-electron chi connectivity index (χ1n) is 14.0. The van der Waals surface area contributed by atoms with Crippen molar-refractivity contribution in [3.8, 4) is 0 Å². The van der Waals surface area contributed by atoms with Crippen LogP contribution >= 0.6 is 0 Å². The zero-order valence-corrected chi connectivity index (χ0v) is 22.7. The number of fused-ring (bicyclic) bond motifs is 2. The number of carbonyl (C=O) groups excluding carboxylic acids is 1. The zero-order chi connectivity index (χ0) is 26.2. The largest absolute Gasteiger partial charge is 0.346 e. The maximum absolute atomic E-state index is 13.5. The van der Waals surface area contributed by atoms with Crippen molar-refractivity contribution in [1.29, 1.82) is 0 Å². The third kappa shape index (κ3) is 5.04. The second-order valence-electron chi connectivity index (χ2n) is 11.2. The van der Waals surface area contributed by atoms with E-state index in [0.29, 0.717) is 17.7 Å². The minimum atomic E-state index is -3.58. The molecule has 1 amide bonds. The van der Waals surface area contributed by atoms with Gasteiger partial charge < -0.3 is 5.32 Å². The maximum Gasteiger partial charge on any atom is 0.244 e. The first-order valence-corrected chi connectivity index (χ1v) is 15.5. The molecule has 3 aromatic carbocycles. The molecule has 0 spiro atoms. The number of aryl methyl sites for hydroxylation is 1. The number of benzene rings is 3. The van der Waals surface area contributed by atoms with E-state index < -0.39 is 14.6 Å². The molecule has 6 heteroatoms. The lowest BCUT2D eigenvalue weighted by atomic mass is 9.86. The lowest BCUT2D eigenvalue weighted by molar-refractivity contribution is -0.117. The summed E-state index contributed by atoms with van der Waals surface area (Å²) in [7, 11) is -3.58. The zero-order valence-electron chi connectivity index (χ0n) is 21.9. The molecule has 0 bridgehead atoms. The number of hydrogen-bond acceptors (Lipinski definition) is 4. The van der Waals surface area contributed by atoms with Crippen molar-refractivity contribution in [2.24, 2.45) is 0 Å². The Balaban J connectivity index is 1.14. The summed E-state index contributed by atoms with van der Waals surface area (Å²) in [5.74, 6) is -0.222. The molecule has 1 saturated carbocycles. The molecule has 0 aromatic heterocycles. The number of nitrogens with one attached hydrogen (secondary N) is 1. The minimum Gasteiger partial charge on any atom is -0.346 e. The summed E-state index contributed by atoms with van der Waals surface area (Å²) < 4.78 is 26.0. The van der Waals surface area contributed by atoms with Gasteiger partial charge in [0.15, 0.2) is 9.84 Å². The van der Waals surface area contributed by atoms with Crippen LogP contribution in [0.25, 0.3) is 10.8 Å². The Morgan fingerprint density at radius 1 is 0.947 bits per heavy atom. The highest BCUT2D eigenvalue weighted by atomic mass is 32.2. The van der Waals surface area contributed by atoms with E-state index in [1.165, 1.54) is 55.1 Å². The topological polar surface area (TPSA) is 66.5 Å². The molecule has 5 nitrogen and oxygen atoms in total. The number of likely N-dealkylation sites (tertiary alicyclic amines) is 1. The Morgan fingerprint density at radius 3 is 2.53 bits per heavy atom. The van der Waals surface area contributed by atoms with E-state index in [1.807, 2.05) is 30.3 Å². The standard InChI is InChI=1S/C32H36N2O3S/c35-31(15-16-32(17-18-32)38(36,37)28-13-12-25-7-2-3-8-26(25)22-28)33-30-10-6-9-27-21-24(11-14-29(27)30)23-34-19-4-1-5-20-34/h2-3,7-8,11-16,21-22,30H,1,4-6,9-10,17-20,23H2,(H,33,35)/t30-/m1/s1. The Kier molecular flexibility index (Phi) is 6.87. The molecule has 1 atom stereocenters. The number of hydrogen-bond donors (Lipinski definition) is 1. The Morgan fingerprint density at radius 2 is 1.74 bits per heavy atom. The molecular weight excluding hydrogens is 492 g/mol. The second-order valence-corrected chi connectivity index (χ2v) is 13.5. The van der Waals surface area contributed by atoms with Crippen LogP contribution in [0.4, 0.5) is 0 Å². The first-order chi connectivity index (χ1) is 18.4. The predicted molar refractivity (Wildman–Crippen MR) is 152 cm³/mol. The smallest absolute Gasteiger partial charge is 0.244 e. The van der Waals surface area contributed by atoms with Crippen LogP contribution in [0.3, 0.4) is 0 Å². The summed E-state index contributed by atoms with van der Waals surface area (Å²) in [6, 6.07) is 19.7. The number of carbonyl (C=O) groups is 1. The molecule has 3 aromatic rings. The summed E-state index contributed by atoms with van der Waals surface area (Å²) in [5.41, 5.74) is 3.88. The van der Waals surface area contributed by atoms with Gasteiger partial charge in [-0.1, -0.05) is 61.0 Å². The van der Waals surface area contributed by atoms with Gasteiger partial charge in [-0.2, -0.15) is 0 Å². The average molecular weight is 529 g/mol. The minimum absolute atomic E-state index is 0.0350. The average Bonchev–Trinajstić information content (AvgIpc) is 3.74. The normalized spacial score (nSPS) is 21.3. The van der Waals surface area contributed by atoms with Gasteiger partial charge in [0, 0.05) is 12.6 Å². The fraction of sp³-hybridized carbons (Fsp3) is 0.406. The lowest BCUT2D eigenvalue weighted by Gasteiger charge is -2.29. The van der Waals surface area contributed by atoms with Crippen LogP contribution in [0, 0.1) is 0 Å². The van der Waals surface area contributed by atoms with Gasteiger partial charge in [-0.25, -0.2) is 8.42 Å². The molecule has 2 fully saturated rings. The van der Waals surface area contributed by atoms with Crippen LogP contribution in [-0.4, -0.2) is 37.1 Å². The van der Waals surface area contributed by atoms with Gasteiger partial charge in [-0.3, -0.25) is 9.69 Å². The highest BCUT2D eigenvalue weighted by molar-refractivity contribution is 7.93. The third-order valence-corrected chi connectivity index (χ3v) is 11.0. The van der Waals surface area contributed by atoms with Gasteiger partial charge in [0.05, 0.1) is 15.7 Å². The van der Waals surface area contributed by atoms with Crippen molar-refractivity contribution in [3.63, 3.8) is 0 Å². The van der Waals surface area contributed by atoms with E-state index >= 15 is 0 Å². The van der Waals surface area contributed by atoms with Crippen LogP contribution in [0.15, 0.2) is 77.7 Å². The summed E-state index contributed by atoms with van der Waals surface area (Å²) in [4.78, 5) is 15.8. The molecule has 1 heterocycles. The lowest BCUT2D eigenvalue weighted by Crippen LogP contribution is -2.31. The van der Waals surface area contributed by atoms with Crippen LogP contribution in [-0.2, 0) is 27.6 Å². The number of piperidine rings is 1. The fourth-order valence-corrected chi connectivity index (χ4v) is 8.04. The van der Waals surface area contributed by atoms with E-state index in [2.05, 4.69) is 28.4 Å². The van der Waals surface area contributed by atoms with Crippen LogP contribution < -0.4 is 5.32 Å². The molecule has 1 saturated heterocycles. The predicted octanol–water partition coefficient (Wildman–Crippen LogP) is 5.88. The van der Waals surface area contributed by atoms with E-state index in [9.17, 15) is 13.2 Å². The quantitative estimate of drug-likeness (QED) is 0.389. The van der Waals surface area contributed by atoms with E-state index in [1.54, 1.807) is 18.2 Å². The van der Waals surface area contributed by atoms with Gasteiger partial charge in [0.2, 0.25) is 5.91 Å². The molecule has 2 aliphatic carbocycles. The second kappa shape index (κ2) is 10.3. The van der Waals surface area contributed by atoms with Gasteiger partial charge >= 0.3 is 0 Å². The Bertz CT molecular complexity index is 1480. The van der Waals surface area contributed by atoms with Gasteiger partial charge in [-0.15, -0.1) is 0 Å². The van der Waals surface area contributed by atoms with Gasteiger partial charge in [0.25, 0.3) is 0 Å². The van der Waals surface area contributed by atoms with E-state index in [4.69, 9.17) is 0 Å². The van der Waals surface area contributed by atoms with Crippen molar-refractivity contribution in [1.82, 2.24) is 10.2 Å². The SMILES string of the molecule is O=C(C=CC1(S(=O)(=O)c2ccc3ccccc3c2)CC1)N[C@@H]1CCCc2cc(CN3CCCCC3)ccc21. The highest BCUT2D eigenvalue weighted by Gasteiger charge is 2.53. The van der Waals surface area contributed by atoms with Crippen molar-refractivity contribution in [2.75, 3.05) is 13.1 Å². The van der Waals surface area contributed by atoms with Gasteiger partial charge in [0.1, 0.15) is 0 Å². The van der Waals surface area contributed by atoms with E-state index in [-0.39, 0.29) is 11.9 Å².